The Morgan fingerprint density at radius 1 is 1.59 bits per heavy atom. The average Bonchev–Trinajstić information content (AvgIpc) is 2.73. The van der Waals surface area contributed by atoms with Gasteiger partial charge in [0.2, 0.25) is 0 Å². The second-order valence-corrected chi connectivity index (χ2v) is 4.07. The molecule has 17 heavy (non-hydrogen) atoms. The summed E-state index contributed by atoms with van der Waals surface area (Å²) in [5, 5.41) is 0.715. The summed E-state index contributed by atoms with van der Waals surface area (Å²) in [5.41, 5.74) is 1.94. The number of nitrogens with zero attached hydrogens (tertiary/aromatic N) is 3. The topological polar surface area (TPSA) is 29.7 Å². The highest BCUT2D eigenvalue weighted by Crippen LogP contribution is 2.15. The highest BCUT2D eigenvalue weighted by atomic mass is 35.5. The van der Waals surface area contributed by atoms with Crippen molar-refractivity contribution in [2.45, 2.75) is 20.3 Å². The van der Waals surface area contributed by atoms with Crippen LogP contribution in [0.2, 0.25) is 5.02 Å². The molecular weight excluding hydrogens is 234 g/mol. The van der Waals surface area contributed by atoms with Crippen LogP contribution in [0.5, 0.6) is 0 Å². The van der Waals surface area contributed by atoms with Crippen LogP contribution < -0.4 is 0 Å². The van der Waals surface area contributed by atoms with Gasteiger partial charge in [-0.25, -0.2) is 4.98 Å². The Hall–Kier alpha value is -1.61. The number of hydrogen-bond donors (Lipinski definition) is 0. The molecule has 2 heterocycles. The molecule has 0 amide bonds. The van der Waals surface area contributed by atoms with Crippen molar-refractivity contribution in [2.24, 2.45) is 4.99 Å². The maximum Gasteiger partial charge on any atom is 0.158 e. The van der Waals surface area contributed by atoms with E-state index in [1.54, 1.807) is 6.20 Å². The molecule has 0 aliphatic carbocycles. The maximum absolute atomic E-state index is 5.94. The summed E-state index contributed by atoms with van der Waals surface area (Å²) < 4.78 is 2.00. The summed E-state index contributed by atoms with van der Waals surface area (Å²) >= 11 is 5.94. The first kappa shape index (κ1) is 11.9. The Bertz CT molecular complexity index is 581. The first-order valence-corrected chi connectivity index (χ1v) is 5.95. The molecule has 4 heteroatoms. The molecule has 0 aliphatic heterocycles. The van der Waals surface area contributed by atoms with Crippen molar-refractivity contribution in [1.29, 1.82) is 0 Å². The lowest BCUT2D eigenvalue weighted by atomic mass is 10.3. The first-order valence-electron chi connectivity index (χ1n) is 5.57. The first-order chi connectivity index (χ1) is 8.26. The zero-order chi connectivity index (χ0) is 12.3. The Labute approximate surface area is 105 Å². The van der Waals surface area contributed by atoms with E-state index in [0.29, 0.717) is 5.02 Å². The largest absolute Gasteiger partial charge is 0.299 e. The molecule has 3 nitrogen and oxygen atoms in total. The van der Waals surface area contributed by atoms with Gasteiger partial charge in [0.05, 0.1) is 17.4 Å². The van der Waals surface area contributed by atoms with Gasteiger partial charge in [-0.3, -0.25) is 9.39 Å². The number of allylic oxidation sites excluding steroid dienone is 1. The summed E-state index contributed by atoms with van der Waals surface area (Å²) in [6.07, 6.45) is 8.26. The third-order valence-corrected chi connectivity index (χ3v) is 2.70. The molecular formula is C13H14ClN3. The van der Waals surface area contributed by atoms with Gasteiger partial charge in [0.25, 0.3) is 0 Å². The molecule has 0 bridgehead atoms. The quantitative estimate of drug-likeness (QED) is 0.760. The molecule has 0 N–H and O–H groups in total. The number of fused-ring (bicyclic) bond motifs is 1. The van der Waals surface area contributed by atoms with Crippen molar-refractivity contribution in [1.82, 2.24) is 9.38 Å². The number of hydrogen-bond acceptors (Lipinski definition) is 2. The molecule has 0 radical (unpaired) electrons. The molecule has 0 atom stereocenters. The van der Waals surface area contributed by atoms with Gasteiger partial charge in [0, 0.05) is 17.4 Å². The Kier molecular flexibility index (Phi) is 3.59. The van der Waals surface area contributed by atoms with Gasteiger partial charge in [-0.05, 0) is 25.5 Å². The number of imidazole rings is 1. The van der Waals surface area contributed by atoms with Crippen LogP contribution in [-0.2, 0) is 0 Å². The van der Waals surface area contributed by atoms with Gasteiger partial charge in [0.15, 0.2) is 5.82 Å². The van der Waals surface area contributed by atoms with Gasteiger partial charge in [-0.1, -0.05) is 24.6 Å². The van der Waals surface area contributed by atoms with Crippen LogP contribution in [0.25, 0.3) is 5.52 Å². The van der Waals surface area contributed by atoms with E-state index < -0.39 is 0 Å². The Morgan fingerprint density at radius 2 is 2.41 bits per heavy atom. The Balaban J connectivity index is 2.55. The van der Waals surface area contributed by atoms with E-state index in [0.717, 1.165) is 23.5 Å². The molecule has 0 saturated heterocycles. The zero-order valence-electron chi connectivity index (χ0n) is 9.89. The average molecular weight is 248 g/mol. The second kappa shape index (κ2) is 5.15. The zero-order valence-corrected chi connectivity index (χ0v) is 10.6. The molecule has 0 saturated carbocycles. The van der Waals surface area contributed by atoms with E-state index in [2.05, 4.69) is 16.9 Å². The van der Waals surface area contributed by atoms with Crippen molar-refractivity contribution in [3.8, 4) is 0 Å². The molecule has 2 aromatic rings. The van der Waals surface area contributed by atoms with Crippen LogP contribution in [-0.4, -0.2) is 15.1 Å². The van der Waals surface area contributed by atoms with Crippen LogP contribution in [0.4, 0.5) is 0 Å². The number of aliphatic imine (C=N–C) groups is 1. The van der Waals surface area contributed by atoms with Gasteiger partial charge in [0.1, 0.15) is 0 Å². The van der Waals surface area contributed by atoms with Crippen LogP contribution in [0.1, 0.15) is 26.1 Å². The minimum Gasteiger partial charge on any atom is -0.299 e. The predicted molar refractivity (Wildman–Crippen MR) is 71.8 cm³/mol. The molecule has 0 aliphatic rings. The number of pyridine rings is 1. The summed E-state index contributed by atoms with van der Waals surface area (Å²) in [5.74, 6) is 0.872. The minimum atomic E-state index is 0.715. The summed E-state index contributed by atoms with van der Waals surface area (Å²) in [4.78, 5) is 8.80. The van der Waals surface area contributed by atoms with Crippen molar-refractivity contribution < 1.29 is 0 Å². The van der Waals surface area contributed by atoms with E-state index in [9.17, 15) is 0 Å². The number of rotatable bonds is 3. The van der Waals surface area contributed by atoms with Crippen LogP contribution >= 0.6 is 11.6 Å². The van der Waals surface area contributed by atoms with Crippen LogP contribution in [0.15, 0.2) is 41.8 Å². The van der Waals surface area contributed by atoms with E-state index in [-0.39, 0.29) is 0 Å². The highest BCUT2D eigenvalue weighted by Gasteiger charge is 2.08. The highest BCUT2D eigenvalue weighted by molar-refractivity contribution is 6.30. The molecule has 0 unspecified atom stereocenters. The smallest absolute Gasteiger partial charge is 0.158 e. The maximum atomic E-state index is 5.94. The lowest BCUT2D eigenvalue weighted by Gasteiger charge is -2.02. The fourth-order valence-electron chi connectivity index (χ4n) is 1.66. The van der Waals surface area contributed by atoms with Crippen LogP contribution in [0, 0.1) is 0 Å². The standard InChI is InChI=1S/C13H14ClN3/c1-3-6-15-12(4-2)13-16-9-11-8-10(14)5-7-17(11)13/h3,5-9H,4H2,1-2H3/b6-3-,15-12?. The van der Waals surface area contributed by atoms with E-state index in [1.165, 1.54) is 0 Å². The second-order valence-electron chi connectivity index (χ2n) is 3.63. The molecule has 0 fully saturated rings. The normalized spacial score (nSPS) is 12.8. The SMILES string of the molecule is C/C=C\N=C(CC)c1ncc2cc(Cl)ccn12. The Morgan fingerprint density at radius 3 is 3.12 bits per heavy atom. The molecule has 0 spiro atoms. The molecule has 0 aromatic carbocycles. The van der Waals surface area contributed by atoms with E-state index in [4.69, 9.17) is 11.6 Å². The third-order valence-electron chi connectivity index (χ3n) is 2.47. The minimum absolute atomic E-state index is 0.715. The summed E-state index contributed by atoms with van der Waals surface area (Å²) in [6.45, 7) is 4.01. The van der Waals surface area contributed by atoms with Gasteiger partial charge in [-0.15, -0.1) is 0 Å². The molecule has 88 valence electrons. The summed E-state index contributed by atoms with van der Waals surface area (Å²) in [6, 6.07) is 3.74. The van der Waals surface area contributed by atoms with Crippen molar-refractivity contribution in [3.63, 3.8) is 0 Å². The third kappa shape index (κ3) is 2.39. The summed E-state index contributed by atoms with van der Waals surface area (Å²) in [7, 11) is 0. The number of halogens is 1. The molecule has 2 aromatic heterocycles. The van der Waals surface area contributed by atoms with Crippen molar-refractivity contribution >= 4 is 22.8 Å². The predicted octanol–water partition coefficient (Wildman–Crippen LogP) is 3.72. The fourth-order valence-corrected chi connectivity index (χ4v) is 1.83. The number of aromatic nitrogens is 2. The van der Waals surface area contributed by atoms with Crippen molar-refractivity contribution in [3.05, 3.63) is 47.6 Å². The van der Waals surface area contributed by atoms with E-state index >= 15 is 0 Å². The molecule has 2 rings (SSSR count). The lowest BCUT2D eigenvalue weighted by molar-refractivity contribution is 1.09. The van der Waals surface area contributed by atoms with Gasteiger partial charge >= 0.3 is 0 Å². The van der Waals surface area contributed by atoms with Crippen molar-refractivity contribution in [2.75, 3.05) is 0 Å². The van der Waals surface area contributed by atoms with Gasteiger partial charge < -0.3 is 0 Å². The monoisotopic (exact) mass is 247 g/mol. The van der Waals surface area contributed by atoms with E-state index in [1.807, 2.05) is 41.9 Å². The van der Waals surface area contributed by atoms with Gasteiger partial charge in [-0.2, -0.15) is 0 Å². The lowest BCUT2D eigenvalue weighted by Crippen LogP contribution is -2.04. The van der Waals surface area contributed by atoms with Crippen LogP contribution in [0.3, 0.4) is 0 Å². The fraction of sp³-hybridized carbons (Fsp3) is 0.231.